The number of para-hydroxylation sites is 1. The molecule has 1 aromatic heterocycles. The molecule has 28 heavy (non-hydrogen) atoms. The molecule has 0 atom stereocenters. The first kappa shape index (κ1) is 17.7. The van der Waals surface area contributed by atoms with Gasteiger partial charge in [-0.1, -0.05) is 36.4 Å². The van der Waals surface area contributed by atoms with Gasteiger partial charge < -0.3 is 15.7 Å². The molecule has 0 radical (unpaired) electrons. The van der Waals surface area contributed by atoms with Crippen molar-refractivity contribution in [2.45, 2.75) is 13.1 Å². The molecule has 4 rings (SSSR count). The third-order valence-corrected chi connectivity index (χ3v) is 4.36. The molecule has 0 saturated heterocycles. The number of nitrogens with zero attached hydrogens (tertiary/aromatic N) is 2. The van der Waals surface area contributed by atoms with Crippen LogP contribution < -0.4 is 10.6 Å². The highest BCUT2D eigenvalue weighted by Crippen LogP contribution is 2.23. The van der Waals surface area contributed by atoms with E-state index in [2.05, 4.69) is 20.6 Å². The number of nitrogens with one attached hydrogen (secondary N) is 2. The lowest BCUT2D eigenvalue weighted by molar-refractivity contribution is 0.475. The first-order chi connectivity index (χ1) is 13.7. The van der Waals surface area contributed by atoms with Crippen molar-refractivity contribution in [3.8, 4) is 5.75 Å². The minimum Gasteiger partial charge on any atom is -0.508 e. The molecule has 0 amide bonds. The van der Waals surface area contributed by atoms with Crippen LogP contribution in [0, 0.1) is 5.82 Å². The molecular formula is C22H19FN4O. The molecule has 0 aliphatic carbocycles. The topological polar surface area (TPSA) is 70.1 Å². The Kier molecular flexibility index (Phi) is 5.01. The van der Waals surface area contributed by atoms with Crippen LogP contribution >= 0.6 is 0 Å². The SMILES string of the molecule is Oc1ccc(CNc2nc(NCc3ccc(F)cc3)nc3ccccc23)cc1. The fraction of sp³-hybridized carbons (Fsp3) is 0.0909. The van der Waals surface area contributed by atoms with E-state index in [-0.39, 0.29) is 11.6 Å². The molecule has 0 aliphatic heterocycles. The molecule has 3 N–H and O–H groups in total. The third-order valence-electron chi connectivity index (χ3n) is 4.36. The molecular weight excluding hydrogens is 355 g/mol. The van der Waals surface area contributed by atoms with Crippen LogP contribution in [-0.4, -0.2) is 15.1 Å². The molecule has 0 fully saturated rings. The minimum absolute atomic E-state index is 0.239. The van der Waals surface area contributed by atoms with Crippen LogP contribution in [0.5, 0.6) is 5.75 Å². The summed E-state index contributed by atoms with van der Waals surface area (Å²) in [5, 5.41) is 16.9. The number of fused-ring (bicyclic) bond motifs is 1. The number of halogens is 1. The highest BCUT2D eigenvalue weighted by atomic mass is 19.1. The fourth-order valence-electron chi connectivity index (χ4n) is 2.87. The van der Waals surface area contributed by atoms with Crippen LogP contribution in [0.25, 0.3) is 10.9 Å². The van der Waals surface area contributed by atoms with E-state index in [0.29, 0.717) is 19.0 Å². The van der Waals surface area contributed by atoms with E-state index < -0.39 is 0 Å². The molecule has 0 spiro atoms. The average Bonchev–Trinajstić information content (AvgIpc) is 2.73. The van der Waals surface area contributed by atoms with Crippen LogP contribution in [-0.2, 0) is 13.1 Å². The van der Waals surface area contributed by atoms with E-state index >= 15 is 0 Å². The number of hydrogen-bond donors (Lipinski definition) is 3. The van der Waals surface area contributed by atoms with E-state index in [9.17, 15) is 9.50 Å². The van der Waals surface area contributed by atoms with Gasteiger partial charge in [-0.15, -0.1) is 0 Å². The summed E-state index contributed by atoms with van der Waals surface area (Å²) >= 11 is 0. The van der Waals surface area contributed by atoms with E-state index in [1.165, 1.54) is 12.1 Å². The maximum absolute atomic E-state index is 13.1. The van der Waals surface area contributed by atoms with Crippen molar-refractivity contribution in [3.63, 3.8) is 0 Å². The quantitative estimate of drug-likeness (QED) is 0.456. The van der Waals surface area contributed by atoms with Crippen molar-refractivity contribution in [1.29, 1.82) is 0 Å². The van der Waals surface area contributed by atoms with Crippen molar-refractivity contribution in [1.82, 2.24) is 9.97 Å². The van der Waals surface area contributed by atoms with Crippen molar-refractivity contribution >= 4 is 22.7 Å². The second-order valence-corrected chi connectivity index (χ2v) is 6.41. The summed E-state index contributed by atoms with van der Waals surface area (Å²) in [4.78, 5) is 9.18. The summed E-state index contributed by atoms with van der Waals surface area (Å²) in [7, 11) is 0. The van der Waals surface area contributed by atoms with Crippen LogP contribution in [0.2, 0.25) is 0 Å². The van der Waals surface area contributed by atoms with E-state index in [1.54, 1.807) is 24.3 Å². The Hall–Kier alpha value is -3.67. The maximum Gasteiger partial charge on any atom is 0.225 e. The number of hydrogen-bond acceptors (Lipinski definition) is 5. The molecule has 0 bridgehead atoms. The zero-order valence-corrected chi connectivity index (χ0v) is 15.1. The molecule has 4 aromatic rings. The van der Waals surface area contributed by atoms with Gasteiger partial charge in [-0.2, -0.15) is 4.98 Å². The number of phenols is 1. The lowest BCUT2D eigenvalue weighted by Crippen LogP contribution is -2.08. The second-order valence-electron chi connectivity index (χ2n) is 6.41. The lowest BCUT2D eigenvalue weighted by Gasteiger charge is -2.12. The standard InChI is InChI=1S/C22H19FN4O/c23-17-9-5-15(6-10-17)14-25-22-26-20-4-2-1-3-19(20)21(27-22)24-13-16-7-11-18(28)12-8-16/h1-12,28H,13-14H2,(H2,24,25,26,27). The van der Waals surface area contributed by atoms with E-state index in [4.69, 9.17) is 0 Å². The second kappa shape index (κ2) is 7.92. The van der Waals surface area contributed by atoms with Crippen LogP contribution in [0.4, 0.5) is 16.2 Å². The summed E-state index contributed by atoms with van der Waals surface area (Å²) in [5.41, 5.74) is 2.80. The largest absolute Gasteiger partial charge is 0.508 e. The van der Waals surface area contributed by atoms with E-state index in [1.807, 2.05) is 36.4 Å². The van der Waals surface area contributed by atoms with Gasteiger partial charge >= 0.3 is 0 Å². The number of aromatic nitrogens is 2. The first-order valence-corrected chi connectivity index (χ1v) is 8.94. The number of rotatable bonds is 6. The van der Waals surface area contributed by atoms with Gasteiger partial charge in [0.25, 0.3) is 0 Å². The molecule has 0 saturated carbocycles. The van der Waals surface area contributed by atoms with Crippen molar-refractivity contribution < 1.29 is 9.50 Å². The van der Waals surface area contributed by atoms with Gasteiger partial charge in [-0.3, -0.25) is 0 Å². The van der Waals surface area contributed by atoms with Crippen molar-refractivity contribution in [2.24, 2.45) is 0 Å². The Labute approximate surface area is 161 Å². The first-order valence-electron chi connectivity index (χ1n) is 8.94. The molecule has 0 unspecified atom stereocenters. The van der Waals surface area contributed by atoms with Crippen LogP contribution in [0.15, 0.2) is 72.8 Å². The summed E-state index contributed by atoms with van der Waals surface area (Å²) in [6.45, 7) is 1.06. The Morgan fingerprint density at radius 3 is 2.14 bits per heavy atom. The monoisotopic (exact) mass is 374 g/mol. The Morgan fingerprint density at radius 2 is 1.39 bits per heavy atom. The van der Waals surface area contributed by atoms with Gasteiger partial charge in [0, 0.05) is 18.5 Å². The van der Waals surface area contributed by atoms with Gasteiger partial charge in [-0.25, -0.2) is 9.37 Å². The lowest BCUT2D eigenvalue weighted by atomic mass is 10.2. The Morgan fingerprint density at radius 1 is 0.750 bits per heavy atom. The van der Waals surface area contributed by atoms with Gasteiger partial charge in [0.15, 0.2) is 0 Å². The van der Waals surface area contributed by atoms with Gasteiger partial charge in [0.05, 0.1) is 5.52 Å². The number of anilines is 2. The van der Waals surface area contributed by atoms with Crippen molar-refractivity contribution in [3.05, 3.63) is 89.7 Å². The summed E-state index contributed by atoms with van der Waals surface area (Å²) in [5.74, 6) is 1.20. The predicted molar refractivity (Wildman–Crippen MR) is 109 cm³/mol. The van der Waals surface area contributed by atoms with Gasteiger partial charge in [0.2, 0.25) is 5.95 Å². The molecule has 3 aromatic carbocycles. The normalized spacial score (nSPS) is 10.8. The molecule has 6 heteroatoms. The Bertz CT molecular complexity index is 1080. The fourth-order valence-corrected chi connectivity index (χ4v) is 2.87. The van der Waals surface area contributed by atoms with Gasteiger partial charge in [-0.05, 0) is 47.5 Å². The number of benzene rings is 3. The molecule has 1 heterocycles. The highest BCUT2D eigenvalue weighted by Gasteiger charge is 2.08. The molecule has 140 valence electrons. The third kappa shape index (κ3) is 4.17. The zero-order valence-electron chi connectivity index (χ0n) is 15.1. The summed E-state index contributed by atoms with van der Waals surface area (Å²) in [6.07, 6.45) is 0. The highest BCUT2D eigenvalue weighted by molar-refractivity contribution is 5.90. The summed E-state index contributed by atoms with van der Waals surface area (Å²) < 4.78 is 13.1. The number of aromatic hydroxyl groups is 1. The maximum atomic E-state index is 13.1. The van der Waals surface area contributed by atoms with E-state index in [0.717, 1.165) is 27.8 Å². The van der Waals surface area contributed by atoms with Crippen LogP contribution in [0.1, 0.15) is 11.1 Å². The zero-order chi connectivity index (χ0) is 19.3. The van der Waals surface area contributed by atoms with Gasteiger partial charge in [0.1, 0.15) is 17.4 Å². The number of phenolic OH excluding ortho intramolecular Hbond substituents is 1. The molecule has 5 nitrogen and oxygen atoms in total. The van der Waals surface area contributed by atoms with Crippen molar-refractivity contribution in [2.75, 3.05) is 10.6 Å². The predicted octanol–water partition coefficient (Wildman–Crippen LogP) is 4.70. The Balaban J connectivity index is 1.55. The minimum atomic E-state index is -0.258. The van der Waals surface area contributed by atoms with Crippen LogP contribution in [0.3, 0.4) is 0 Å². The average molecular weight is 374 g/mol. The smallest absolute Gasteiger partial charge is 0.225 e. The molecule has 0 aliphatic rings. The summed E-state index contributed by atoms with van der Waals surface area (Å²) in [6, 6.07) is 21.1.